The molecule has 2 heterocycles. The van der Waals surface area contributed by atoms with Crippen LogP contribution in [0.15, 0.2) is 18.2 Å². The van der Waals surface area contributed by atoms with E-state index in [1.54, 1.807) is 0 Å². The van der Waals surface area contributed by atoms with Gasteiger partial charge in [0.1, 0.15) is 6.02 Å². The number of carbonyl (C=O) groups excluding carboxylic acids is 3. The number of amides is 3. The molecule has 8 nitrogen and oxygen atoms in total. The first kappa shape index (κ1) is 7.30. The number of nitrogens with zero attached hydrogens (tertiary/aromatic N) is 2. The summed E-state index contributed by atoms with van der Waals surface area (Å²) < 4.78 is 55.9. The van der Waals surface area contributed by atoms with Gasteiger partial charge in [0.05, 0.1) is 26.7 Å². The second kappa shape index (κ2) is 4.65. The minimum absolute atomic E-state index is 0.197. The molecule has 1 aromatic carbocycles. The number of piperidine rings is 1. The van der Waals surface area contributed by atoms with Crippen LogP contribution in [0.25, 0.3) is 0 Å². The number of carbonyl (C=O) groups is 3. The first-order chi connectivity index (χ1) is 12.6. The van der Waals surface area contributed by atoms with E-state index in [9.17, 15) is 24.5 Å². The third-order valence-corrected chi connectivity index (χ3v) is 2.86. The molecule has 1 atom stereocenters. The normalized spacial score (nSPS) is 36.9. The maximum atomic E-state index is 12.8. The average molecular weight is 296 g/mol. The molecule has 0 saturated carbocycles. The lowest BCUT2D eigenvalue weighted by Crippen LogP contribution is -2.52. The Morgan fingerprint density at radius 2 is 2.19 bits per heavy atom. The van der Waals surface area contributed by atoms with Crippen molar-refractivity contribution in [1.29, 1.82) is 0 Å². The Morgan fingerprint density at radius 1 is 1.43 bits per heavy atom. The van der Waals surface area contributed by atoms with E-state index in [1.807, 2.05) is 0 Å². The summed E-state index contributed by atoms with van der Waals surface area (Å²) in [6.07, 6.45) is -7.18. The predicted octanol–water partition coefficient (Wildman–Crippen LogP) is 0.356. The summed E-state index contributed by atoms with van der Waals surface area (Å²) in [5.74, 6) is -4.89. The molecule has 3 rings (SSSR count). The molecule has 1 N–H and O–H groups in total. The molecule has 2 aliphatic rings. The van der Waals surface area contributed by atoms with E-state index in [1.165, 1.54) is 5.32 Å². The number of fused-ring (bicyclic) bond motifs is 1. The van der Waals surface area contributed by atoms with Crippen molar-refractivity contribution < 1.29 is 28.9 Å². The number of nitro benzene ring substituents is 1. The van der Waals surface area contributed by atoms with Gasteiger partial charge in [0.2, 0.25) is 11.8 Å². The highest BCUT2D eigenvalue weighted by Crippen LogP contribution is 2.33. The Balaban J connectivity index is 2.31. The topological polar surface area (TPSA) is 110 Å². The molecule has 1 saturated heterocycles. The lowest BCUT2D eigenvalue weighted by atomic mass is 10.0. The minimum Gasteiger partial charge on any atom is -0.322 e. The SMILES string of the molecule is [2H]C1([2H])c2c(cccc2[N+](=O)[O-])C(=O)N1C1([2H])C(=O)NC(=O)C([2H])([2H])C1([2H])[2H]. The van der Waals surface area contributed by atoms with Gasteiger partial charge in [-0.25, -0.2) is 0 Å². The Labute approximate surface area is 128 Å². The molecule has 0 aliphatic carbocycles. The van der Waals surface area contributed by atoms with E-state index in [-0.39, 0.29) is 4.90 Å². The van der Waals surface area contributed by atoms with Crippen LogP contribution in [0.3, 0.4) is 0 Å². The number of hydrogen-bond donors (Lipinski definition) is 1. The third-order valence-electron chi connectivity index (χ3n) is 2.86. The predicted molar refractivity (Wildman–Crippen MR) is 69.1 cm³/mol. The Morgan fingerprint density at radius 3 is 2.90 bits per heavy atom. The van der Waals surface area contributed by atoms with Gasteiger partial charge in [-0.1, -0.05) is 6.07 Å². The molecule has 2 aliphatic heterocycles. The van der Waals surface area contributed by atoms with E-state index in [0.717, 1.165) is 18.2 Å². The highest BCUT2D eigenvalue weighted by Gasteiger charge is 2.41. The Kier molecular flexibility index (Phi) is 1.62. The third kappa shape index (κ3) is 2.04. The standard InChI is InChI=1S/C13H11N3O5/c17-11-5-4-10(12(18)14-11)15-6-8-7(13(15)19)2-1-3-9(8)16(20)21/h1-3,10H,4-6H2,(H,14,17,18)/i4D2,5D2,6D2,10D. The first-order valence-corrected chi connectivity index (χ1v) is 5.62. The zero-order valence-corrected chi connectivity index (χ0v) is 10.2. The maximum Gasteiger partial charge on any atom is 0.275 e. The second-order valence-corrected chi connectivity index (χ2v) is 4.09. The molecule has 0 spiro atoms. The summed E-state index contributed by atoms with van der Waals surface area (Å²) >= 11 is 0. The molecule has 3 amide bonds. The molecule has 1 aromatic rings. The lowest BCUT2D eigenvalue weighted by Gasteiger charge is -2.29. The van der Waals surface area contributed by atoms with Gasteiger partial charge in [0.25, 0.3) is 11.6 Å². The molecule has 0 aromatic heterocycles. The van der Waals surface area contributed by atoms with E-state index in [4.69, 9.17) is 9.60 Å². The van der Waals surface area contributed by atoms with E-state index < -0.39 is 64.7 Å². The van der Waals surface area contributed by atoms with E-state index >= 15 is 0 Å². The number of rotatable bonds is 2. The largest absolute Gasteiger partial charge is 0.322 e. The number of hydrogen-bond acceptors (Lipinski definition) is 5. The molecular formula is C13H11N3O5. The quantitative estimate of drug-likeness (QED) is 0.481. The van der Waals surface area contributed by atoms with Crippen LogP contribution in [0.5, 0.6) is 0 Å². The van der Waals surface area contributed by atoms with Crippen LogP contribution in [0.4, 0.5) is 5.69 Å². The molecule has 1 unspecified atom stereocenters. The monoisotopic (exact) mass is 296 g/mol. The highest BCUT2D eigenvalue weighted by molar-refractivity contribution is 6.05. The van der Waals surface area contributed by atoms with E-state index in [2.05, 4.69) is 0 Å². The molecule has 8 heteroatoms. The summed E-state index contributed by atoms with van der Waals surface area (Å²) in [5, 5.41) is 12.7. The summed E-state index contributed by atoms with van der Waals surface area (Å²) in [5.41, 5.74) is -2.21. The van der Waals surface area contributed by atoms with Crippen LogP contribution in [0, 0.1) is 10.1 Å². The van der Waals surface area contributed by atoms with Crippen LogP contribution in [0.2, 0.25) is 0 Å². The van der Waals surface area contributed by atoms with Gasteiger partial charge < -0.3 is 4.90 Å². The van der Waals surface area contributed by atoms with Gasteiger partial charge in [0.15, 0.2) is 0 Å². The number of nitro groups is 1. The summed E-state index contributed by atoms with van der Waals surface area (Å²) in [4.78, 5) is 47.0. The van der Waals surface area contributed by atoms with Crippen LogP contribution < -0.4 is 5.32 Å². The summed E-state index contributed by atoms with van der Waals surface area (Å²) in [7, 11) is 0. The minimum atomic E-state index is -3.70. The van der Waals surface area contributed by atoms with Gasteiger partial charge >= 0.3 is 0 Å². The summed E-state index contributed by atoms with van der Waals surface area (Å²) in [6.45, 7) is -3.22. The molecule has 0 bridgehead atoms. The zero-order chi connectivity index (χ0) is 21.4. The second-order valence-electron chi connectivity index (χ2n) is 4.09. The maximum absolute atomic E-state index is 12.8. The molecule has 108 valence electrons. The fourth-order valence-electron chi connectivity index (χ4n) is 1.95. The van der Waals surface area contributed by atoms with E-state index in [0.29, 0.717) is 0 Å². The smallest absolute Gasteiger partial charge is 0.275 e. The van der Waals surface area contributed by atoms with Crippen LogP contribution in [-0.4, -0.2) is 33.6 Å². The van der Waals surface area contributed by atoms with Crippen LogP contribution >= 0.6 is 0 Å². The van der Waals surface area contributed by atoms with Gasteiger partial charge in [-0.3, -0.25) is 29.8 Å². The molecular weight excluding hydrogens is 278 g/mol. The molecule has 0 radical (unpaired) electrons. The van der Waals surface area contributed by atoms with Crippen LogP contribution in [0.1, 0.15) is 38.3 Å². The van der Waals surface area contributed by atoms with Gasteiger partial charge in [-0.05, 0) is 12.4 Å². The molecule has 1 fully saturated rings. The van der Waals surface area contributed by atoms with Crippen molar-refractivity contribution in [3.63, 3.8) is 0 Å². The van der Waals surface area contributed by atoms with Crippen LogP contribution in [-0.2, 0) is 16.1 Å². The number of nitrogens with one attached hydrogen (secondary N) is 1. The fourth-order valence-corrected chi connectivity index (χ4v) is 1.95. The number of benzene rings is 1. The van der Waals surface area contributed by atoms with Crippen molar-refractivity contribution in [2.45, 2.75) is 25.3 Å². The lowest BCUT2D eigenvalue weighted by molar-refractivity contribution is -0.385. The number of imide groups is 1. The van der Waals surface area contributed by atoms with Crippen molar-refractivity contribution in [2.24, 2.45) is 0 Å². The zero-order valence-electron chi connectivity index (χ0n) is 17.2. The van der Waals surface area contributed by atoms with Gasteiger partial charge in [0, 0.05) is 17.9 Å². The van der Waals surface area contributed by atoms with Crippen molar-refractivity contribution in [3.05, 3.63) is 39.4 Å². The molecule has 21 heavy (non-hydrogen) atoms. The summed E-state index contributed by atoms with van der Waals surface area (Å²) in [6, 6.07) is -0.619. The van der Waals surface area contributed by atoms with Crippen molar-refractivity contribution in [1.82, 2.24) is 10.2 Å². The van der Waals surface area contributed by atoms with Crippen molar-refractivity contribution >= 4 is 23.4 Å². The van der Waals surface area contributed by atoms with Gasteiger partial charge in [-0.15, -0.1) is 0 Å². The fraction of sp³-hybridized carbons (Fsp3) is 0.308. The van der Waals surface area contributed by atoms with Gasteiger partial charge in [-0.2, -0.15) is 0 Å². The Hall–Kier alpha value is -2.77. The average Bonchev–Trinajstić information content (AvgIpc) is 2.79. The van der Waals surface area contributed by atoms with Crippen molar-refractivity contribution in [3.8, 4) is 0 Å². The van der Waals surface area contributed by atoms with Crippen molar-refractivity contribution in [2.75, 3.05) is 0 Å². The highest BCUT2D eigenvalue weighted by atomic mass is 16.6. The first-order valence-electron chi connectivity index (χ1n) is 9.12. The Bertz CT molecular complexity index is 966.